The second-order valence-electron chi connectivity index (χ2n) is 5.57. The number of aliphatic hydroxyl groups is 3. The molecule has 9 nitrogen and oxygen atoms in total. The molecule has 1 unspecified atom stereocenters. The zero-order valence-corrected chi connectivity index (χ0v) is 11.0. The molecule has 9 heteroatoms. The molecule has 21 heavy (non-hydrogen) atoms. The largest absolute Gasteiger partial charge is 0.396 e. The minimum absolute atomic E-state index is 0.0870. The molecular formula is C12H15N5O4. The van der Waals surface area contributed by atoms with Gasteiger partial charge in [-0.25, -0.2) is 15.0 Å². The van der Waals surface area contributed by atoms with Gasteiger partial charge in [0.15, 0.2) is 17.7 Å². The molecular weight excluding hydrogens is 278 g/mol. The highest BCUT2D eigenvalue weighted by Gasteiger charge is 2.68. The van der Waals surface area contributed by atoms with Crippen LogP contribution in [0.4, 0.5) is 5.82 Å². The molecule has 1 saturated heterocycles. The number of nitrogens with zero attached hydrogens (tertiary/aromatic N) is 4. The van der Waals surface area contributed by atoms with E-state index < -0.39 is 24.0 Å². The summed E-state index contributed by atoms with van der Waals surface area (Å²) in [4.78, 5) is 12.1. The van der Waals surface area contributed by atoms with Crippen molar-refractivity contribution in [1.29, 1.82) is 0 Å². The van der Waals surface area contributed by atoms with E-state index in [0.29, 0.717) is 17.6 Å². The molecule has 2 aromatic rings. The maximum Gasteiger partial charge on any atom is 0.167 e. The van der Waals surface area contributed by atoms with Crippen LogP contribution in [-0.4, -0.2) is 59.3 Å². The topological polar surface area (TPSA) is 140 Å². The van der Waals surface area contributed by atoms with Gasteiger partial charge in [-0.1, -0.05) is 0 Å². The second kappa shape index (κ2) is 4.10. The van der Waals surface area contributed by atoms with E-state index in [-0.39, 0.29) is 18.3 Å². The van der Waals surface area contributed by atoms with Gasteiger partial charge in [0.1, 0.15) is 29.7 Å². The number of ether oxygens (including phenoxy) is 1. The monoisotopic (exact) mass is 293 g/mol. The molecule has 0 bridgehead atoms. The number of aliphatic hydroxyl groups excluding tert-OH is 3. The molecule has 1 spiro atoms. The zero-order valence-electron chi connectivity index (χ0n) is 11.0. The Bertz CT molecular complexity index is 706. The summed E-state index contributed by atoms with van der Waals surface area (Å²) < 4.78 is 7.37. The van der Waals surface area contributed by atoms with Gasteiger partial charge in [-0.15, -0.1) is 0 Å². The lowest BCUT2D eigenvalue weighted by molar-refractivity contribution is -0.0563. The fourth-order valence-electron chi connectivity index (χ4n) is 3.14. The third-order valence-electron chi connectivity index (χ3n) is 4.43. The molecule has 5 N–H and O–H groups in total. The minimum atomic E-state index is -1.13. The van der Waals surface area contributed by atoms with E-state index in [4.69, 9.17) is 10.5 Å². The maximum atomic E-state index is 10.3. The first kappa shape index (κ1) is 12.9. The van der Waals surface area contributed by atoms with Crippen LogP contribution in [0.1, 0.15) is 12.6 Å². The van der Waals surface area contributed by atoms with Gasteiger partial charge in [0, 0.05) is 12.5 Å². The summed E-state index contributed by atoms with van der Waals surface area (Å²) in [5.41, 5.74) is 5.69. The Hall–Kier alpha value is -1.81. The van der Waals surface area contributed by atoms with Gasteiger partial charge in [-0.2, -0.15) is 0 Å². The maximum absolute atomic E-state index is 10.3. The number of anilines is 1. The van der Waals surface area contributed by atoms with E-state index >= 15 is 0 Å². The summed E-state index contributed by atoms with van der Waals surface area (Å²) in [6, 6.07) is 0. The standard InChI is InChI=1S/C12H15N5O4/c13-9-6-10(15-3-14-9)17(4-16-6)11-7(19)8(20)12(21-11)1-5(12)2-18/h3-5,7-8,11,18-20H,1-2H2,(H2,13,14,15)/t5-,7+,8?,11-,12-/m1/s1. The normalized spacial score (nSPS) is 38.4. The van der Waals surface area contributed by atoms with E-state index in [1.807, 2.05) is 0 Å². The van der Waals surface area contributed by atoms with Crippen LogP contribution in [0.5, 0.6) is 0 Å². The Morgan fingerprint density at radius 1 is 1.38 bits per heavy atom. The molecule has 1 saturated carbocycles. The van der Waals surface area contributed by atoms with Crippen molar-refractivity contribution in [3.8, 4) is 0 Å². The SMILES string of the molecule is Nc1ncnc2c1ncn2[C@@H]1O[C@@]2(C[C@@H]2CO)C(O)[C@@H]1O. The highest BCUT2D eigenvalue weighted by molar-refractivity contribution is 5.81. The molecule has 0 aromatic carbocycles. The third kappa shape index (κ3) is 1.57. The Labute approximate surface area is 119 Å². The van der Waals surface area contributed by atoms with Crippen molar-refractivity contribution in [2.24, 2.45) is 5.92 Å². The fourth-order valence-corrected chi connectivity index (χ4v) is 3.14. The molecule has 112 valence electrons. The fraction of sp³-hybridized carbons (Fsp3) is 0.583. The Balaban J connectivity index is 1.75. The highest BCUT2D eigenvalue weighted by atomic mass is 16.6. The highest BCUT2D eigenvalue weighted by Crippen LogP contribution is 2.57. The number of aromatic nitrogens is 4. The van der Waals surface area contributed by atoms with Crippen LogP contribution >= 0.6 is 0 Å². The van der Waals surface area contributed by atoms with Gasteiger partial charge in [0.25, 0.3) is 0 Å². The van der Waals surface area contributed by atoms with Crippen molar-refractivity contribution >= 4 is 17.0 Å². The van der Waals surface area contributed by atoms with Gasteiger partial charge in [-0.05, 0) is 6.42 Å². The van der Waals surface area contributed by atoms with Crippen LogP contribution < -0.4 is 5.73 Å². The van der Waals surface area contributed by atoms with Gasteiger partial charge >= 0.3 is 0 Å². The van der Waals surface area contributed by atoms with Crippen molar-refractivity contribution in [2.75, 3.05) is 12.3 Å². The minimum Gasteiger partial charge on any atom is -0.396 e. The van der Waals surface area contributed by atoms with Crippen LogP contribution in [0.3, 0.4) is 0 Å². The second-order valence-corrected chi connectivity index (χ2v) is 5.57. The molecule has 1 aliphatic heterocycles. The van der Waals surface area contributed by atoms with E-state index in [9.17, 15) is 15.3 Å². The van der Waals surface area contributed by atoms with E-state index in [1.165, 1.54) is 17.2 Å². The first-order valence-electron chi connectivity index (χ1n) is 6.66. The number of rotatable bonds is 2. The molecule has 2 aliphatic rings. The van der Waals surface area contributed by atoms with Gasteiger partial charge in [-0.3, -0.25) is 4.57 Å². The van der Waals surface area contributed by atoms with E-state index in [0.717, 1.165) is 0 Å². The first-order chi connectivity index (χ1) is 10.1. The lowest BCUT2D eigenvalue weighted by atomic mass is 10.1. The predicted molar refractivity (Wildman–Crippen MR) is 69.8 cm³/mol. The molecule has 1 aliphatic carbocycles. The predicted octanol–water partition coefficient (Wildman–Crippen LogP) is -1.59. The molecule has 2 fully saturated rings. The molecule has 0 radical (unpaired) electrons. The third-order valence-corrected chi connectivity index (χ3v) is 4.43. The molecule has 0 amide bonds. The van der Waals surface area contributed by atoms with Crippen molar-refractivity contribution in [3.05, 3.63) is 12.7 Å². The Morgan fingerprint density at radius 3 is 2.90 bits per heavy atom. The molecule has 2 aromatic heterocycles. The Kier molecular flexibility index (Phi) is 2.52. The lowest BCUT2D eigenvalue weighted by Crippen LogP contribution is -2.34. The average Bonchev–Trinajstić information content (AvgIpc) is 2.94. The smallest absolute Gasteiger partial charge is 0.167 e. The summed E-state index contributed by atoms with van der Waals surface area (Å²) >= 11 is 0. The van der Waals surface area contributed by atoms with Crippen molar-refractivity contribution < 1.29 is 20.1 Å². The van der Waals surface area contributed by atoms with Crippen LogP contribution in [-0.2, 0) is 4.74 Å². The number of nitrogen functional groups attached to an aromatic ring is 1. The zero-order chi connectivity index (χ0) is 14.8. The lowest BCUT2D eigenvalue weighted by Gasteiger charge is -2.16. The van der Waals surface area contributed by atoms with Crippen molar-refractivity contribution in [1.82, 2.24) is 19.5 Å². The average molecular weight is 293 g/mol. The number of fused-ring (bicyclic) bond motifs is 1. The van der Waals surface area contributed by atoms with Gasteiger partial charge < -0.3 is 25.8 Å². The molecule has 3 heterocycles. The number of hydrogen-bond donors (Lipinski definition) is 4. The summed E-state index contributed by atoms with van der Waals surface area (Å²) in [5.74, 6) is 0.0720. The Morgan fingerprint density at radius 2 is 2.19 bits per heavy atom. The van der Waals surface area contributed by atoms with Gasteiger partial charge in [0.2, 0.25) is 0 Å². The number of hydrogen-bond acceptors (Lipinski definition) is 8. The van der Waals surface area contributed by atoms with Crippen LogP contribution in [0.2, 0.25) is 0 Å². The van der Waals surface area contributed by atoms with Crippen molar-refractivity contribution in [3.63, 3.8) is 0 Å². The first-order valence-corrected chi connectivity index (χ1v) is 6.66. The molecule has 5 atom stereocenters. The van der Waals surface area contributed by atoms with Crippen LogP contribution in [0.25, 0.3) is 11.2 Å². The van der Waals surface area contributed by atoms with E-state index in [2.05, 4.69) is 15.0 Å². The summed E-state index contributed by atoms with van der Waals surface area (Å²) in [6.45, 7) is -0.0870. The summed E-state index contributed by atoms with van der Waals surface area (Å²) in [7, 11) is 0. The number of imidazole rings is 1. The summed E-state index contributed by atoms with van der Waals surface area (Å²) in [6.07, 6.45) is 0.257. The van der Waals surface area contributed by atoms with Crippen LogP contribution in [0.15, 0.2) is 12.7 Å². The van der Waals surface area contributed by atoms with Crippen LogP contribution in [0, 0.1) is 5.92 Å². The molecule has 4 rings (SSSR count). The van der Waals surface area contributed by atoms with E-state index in [1.54, 1.807) is 0 Å². The number of nitrogens with two attached hydrogens (primary N) is 1. The quantitative estimate of drug-likeness (QED) is 0.519. The summed E-state index contributed by atoms with van der Waals surface area (Å²) in [5, 5.41) is 29.7. The van der Waals surface area contributed by atoms with Gasteiger partial charge in [0.05, 0.1) is 6.33 Å². The van der Waals surface area contributed by atoms with Crippen molar-refractivity contribution in [2.45, 2.75) is 30.5 Å².